The lowest BCUT2D eigenvalue weighted by molar-refractivity contribution is 0.239. The van der Waals surface area contributed by atoms with Crippen LogP contribution in [0.5, 0.6) is 0 Å². The quantitative estimate of drug-likeness (QED) is 0.909. The van der Waals surface area contributed by atoms with E-state index in [1.54, 1.807) is 6.20 Å². The number of aromatic nitrogens is 1. The average Bonchev–Trinajstić information content (AvgIpc) is 3.02. The van der Waals surface area contributed by atoms with Gasteiger partial charge < -0.3 is 5.73 Å². The molecule has 0 aromatic carbocycles. The molecule has 0 saturated heterocycles. The van der Waals surface area contributed by atoms with Gasteiger partial charge in [-0.2, -0.15) is 0 Å². The minimum Gasteiger partial charge on any atom is -0.329 e. The molecule has 1 aliphatic rings. The van der Waals surface area contributed by atoms with Crippen molar-refractivity contribution in [3.8, 4) is 0 Å². The molecule has 1 atom stereocenters. The highest BCUT2D eigenvalue weighted by atomic mass is 79.9. The van der Waals surface area contributed by atoms with Crippen molar-refractivity contribution in [1.29, 1.82) is 0 Å². The van der Waals surface area contributed by atoms with Gasteiger partial charge in [-0.15, -0.1) is 0 Å². The molecule has 0 radical (unpaired) electrons. The van der Waals surface area contributed by atoms with E-state index in [9.17, 15) is 0 Å². The smallest absolute Gasteiger partial charge is 0.0485 e. The summed E-state index contributed by atoms with van der Waals surface area (Å²) in [7, 11) is 2.15. The Bertz CT molecular complexity index is 338. The first-order valence-corrected chi connectivity index (χ1v) is 6.04. The van der Waals surface area contributed by atoms with Crippen LogP contribution in [0.25, 0.3) is 0 Å². The maximum absolute atomic E-state index is 5.84. The summed E-state index contributed by atoms with van der Waals surface area (Å²) in [5.41, 5.74) is 7.03. The van der Waals surface area contributed by atoms with Gasteiger partial charge in [0.1, 0.15) is 0 Å². The number of nitrogens with two attached hydrogens (primary N) is 1. The van der Waals surface area contributed by atoms with Crippen LogP contribution in [-0.4, -0.2) is 29.5 Å². The summed E-state index contributed by atoms with van der Waals surface area (Å²) in [5.74, 6) is 0. The minimum absolute atomic E-state index is 0.294. The summed E-state index contributed by atoms with van der Waals surface area (Å²) in [6, 6.07) is 3.11. The SMILES string of the molecule is CN(C1CC1)C(CN)c1cncc(Br)c1. The van der Waals surface area contributed by atoms with E-state index < -0.39 is 0 Å². The van der Waals surface area contributed by atoms with E-state index in [0.717, 1.165) is 10.5 Å². The van der Waals surface area contributed by atoms with Gasteiger partial charge in [-0.1, -0.05) is 0 Å². The summed E-state index contributed by atoms with van der Waals surface area (Å²) in [4.78, 5) is 6.55. The molecule has 1 saturated carbocycles. The van der Waals surface area contributed by atoms with E-state index in [0.29, 0.717) is 12.6 Å². The molecule has 15 heavy (non-hydrogen) atoms. The standard InChI is InChI=1S/C11H16BrN3/c1-15(10-2-3-10)11(5-13)8-4-9(12)7-14-6-8/h4,6-7,10-11H,2-3,5,13H2,1H3. The highest BCUT2D eigenvalue weighted by Crippen LogP contribution is 2.32. The van der Waals surface area contributed by atoms with E-state index in [2.05, 4.69) is 38.9 Å². The maximum Gasteiger partial charge on any atom is 0.0485 e. The summed E-state index contributed by atoms with van der Waals surface area (Å²) in [5, 5.41) is 0. The Kier molecular flexibility index (Phi) is 3.38. The predicted molar refractivity (Wildman–Crippen MR) is 64.5 cm³/mol. The van der Waals surface area contributed by atoms with Crippen molar-refractivity contribution in [2.45, 2.75) is 24.9 Å². The molecule has 0 bridgehead atoms. The molecule has 1 heterocycles. The molecular formula is C11H16BrN3. The van der Waals surface area contributed by atoms with Crippen molar-refractivity contribution in [3.63, 3.8) is 0 Å². The second kappa shape index (κ2) is 4.60. The van der Waals surface area contributed by atoms with Gasteiger partial charge in [0.2, 0.25) is 0 Å². The summed E-state index contributed by atoms with van der Waals surface area (Å²) in [6.07, 6.45) is 6.30. The van der Waals surface area contributed by atoms with Crippen LogP contribution in [0, 0.1) is 0 Å². The highest BCUT2D eigenvalue weighted by molar-refractivity contribution is 9.10. The summed E-state index contributed by atoms with van der Waals surface area (Å²) >= 11 is 3.44. The summed E-state index contributed by atoms with van der Waals surface area (Å²) < 4.78 is 1.02. The molecule has 0 amide bonds. The van der Waals surface area contributed by atoms with Crippen LogP contribution in [-0.2, 0) is 0 Å². The molecule has 2 N–H and O–H groups in total. The van der Waals surface area contributed by atoms with Crippen molar-refractivity contribution in [2.75, 3.05) is 13.6 Å². The lowest BCUT2D eigenvalue weighted by atomic mass is 10.1. The van der Waals surface area contributed by atoms with Crippen LogP contribution in [0.4, 0.5) is 0 Å². The van der Waals surface area contributed by atoms with E-state index in [1.807, 2.05) is 6.20 Å². The van der Waals surface area contributed by atoms with Gasteiger partial charge in [-0.25, -0.2) is 0 Å². The van der Waals surface area contributed by atoms with E-state index in [1.165, 1.54) is 18.4 Å². The number of rotatable bonds is 4. The summed E-state index contributed by atoms with van der Waals surface area (Å²) in [6.45, 7) is 0.644. The zero-order valence-electron chi connectivity index (χ0n) is 8.86. The third kappa shape index (κ3) is 2.56. The fraction of sp³-hybridized carbons (Fsp3) is 0.545. The number of hydrogen-bond donors (Lipinski definition) is 1. The Morgan fingerprint density at radius 2 is 2.33 bits per heavy atom. The Labute approximate surface area is 98.8 Å². The first-order chi connectivity index (χ1) is 7.22. The Balaban J connectivity index is 2.17. The van der Waals surface area contributed by atoms with E-state index in [-0.39, 0.29) is 0 Å². The zero-order chi connectivity index (χ0) is 10.8. The van der Waals surface area contributed by atoms with Crippen molar-refractivity contribution in [3.05, 3.63) is 28.5 Å². The minimum atomic E-state index is 0.294. The zero-order valence-corrected chi connectivity index (χ0v) is 10.4. The van der Waals surface area contributed by atoms with Crippen LogP contribution in [0.2, 0.25) is 0 Å². The van der Waals surface area contributed by atoms with Crippen molar-refractivity contribution in [2.24, 2.45) is 5.73 Å². The molecule has 1 fully saturated rings. The molecule has 2 rings (SSSR count). The molecule has 1 aliphatic carbocycles. The van der Waals surface area contributed by atoms with Crippen LogP contribution < -0.4 is 5.73 Å². The molecule has 1 aromatic heterocycles. The van der Waals surface area contributed by atoms with Crippen molar-refractivity contribution >= 4 is 15.9 Å². The lowest BCUT2D eigenvalue weighted by Crippen LogP contribution is -2.32. The van der Waals surface area contributed by atoms with Crippen LogP contribution in [0.15, 0.2) is 22.9 Å². The number of nitrogens with zero attached hydrogens (tertiary/aromatic N) is 2. The van der Waals surface area contributed by atoms with Gasteiger partial charge in [0.15, 0.2) is 0 Å². The number of pyridine rings is 1. The Morgan fingerprint density at radius 1 is 1.60 bits per heavy atom. The second-order valence-corrected chi connectivity index (χ2v) is 5.00. The van der Waals surface area contributed by atoms with Gasteiger partial charge >= 0.3 is 0 Å². The Hall–Kier alpha value is -0.450. The Morgan fingerprint density at radius 3 is 2.87 bits per heavy atom. The second-order valence-electron chi connectivity index (χ2n) is 4.08. The molecule has 82 valence electrons. The van der Waals surface area contributed by atoms with Crippen molar-refractivity contribution in [1.82, 2.24) is 9.88 Å². The third-order valence-corrected chi connectivity index (χ3v) is 3.38. The number of halogens is 1. The molecular weight excluding hydrogens is 254 g/mol. The maximum atomic E-state index is 5.84. The van der Waals surface area contributed by atoms with Gasteiger partial charge in [-0.3, -0.25) is 9.88 Å². The molecule has 3 nitrogen and oxygen atoms in total. The van der Waals surface area contributed by atoms with Crippen LogP contribution >= 0.6 is 15.9 Å². The third-order valence-electron chi connectivity index (χ3n) is 2.95. The topological polar surface area (TPSA) is 42.1 Å². The molecule has 4 heteroatoms. The fourth-order valence-corrected chi connectivity index (χ4v) is 2.27. The number of hydrogen-bond acceptors (Lipinski definition) is 3. The fourth-order valence-electron chi connectivity index (χ4n) is 1.88. The van der Waals surface area contributed by atoms with Crippen LogP contribution in [0.1, 0.15) is 24.4 Å². The van der Waals surface area contributed by atoms with Gasteiger partial charge in [0, 0.05) is 35.5 Å². The largest absolute Gasteiger partial charge is 0.329 e. The molecule has 1 unspecified atom stereocenters. The van der Waals surface area contributed by atoms with Gasteiger partial charge in [-0.05, 0) is 47.4 Å². The van der Waals surface area contributed by atoms with Crippen molar-refractivity contribution < 1.29 is 0 Å². The van der Waals surface area contributed by atoms with Gasteiger partial charge in [0.25, 0.3) is 0 Å². The number of likely N-dealkylation sites (N-methyl/N-ethyl adjacent to an activating group) is 1. The van der Waals surface area contributed by atoms with E-state index in [4.69, 9.17) is 5.73 Å². The molecule has 0 aliphatic heterocycles. The average molecular weight is 270 g/mol. The predicted octanol–water partition coefficient (Wildman–Crippen LogP) is 1.94. The normalized spacial score (nSPS) is 18.1. The lowest BCUT2D eigenvalue weighted by Gasteiger charge is -2.27. The molecule has 1 aromatic rings. The first kappa shape index (κ1) is 11.0. The van der Waals surface area contributed by atoms with E-state index >= 15 is 0 Å². The van der Waals surface area contributed by atoms with Gasteiger partial charge in [0.05, 0.1) is 0 Å². The van der Waals surface area contributed by atoms with Crippen LogP contribution in [0.3, 0.4) is 0 Å². The molecule has 0 spiro atoms. The first-order valence-electron chi connectivity index (χ1n) is 5.25. The monoisotopic (exact) mass is 269 g/mol. The highest BCUT2D eigenvalue weighted by Gasteiger charge is 2.31.